The molecule has 0 saturated carbocycles. The standard InChI is InChI=1S/C9H11BrN2O2/c1-2-5-3-6(11)8(9(13)14)12-7(10)4-5/h4H,2-3,11H2,1H3,(H,13,14). The predicted octanol–water partition coefficient (Wildman–Crippen LogP) is 1.77. The molecule has 0 spiro atoms. The Kier molecular flexibility index (Phi) is 3.46. The van der Waals surface area contributed by atoms with E-state index >= 15 is 0 Å². The third kappa shape index (κ3) is 2.45. The van der Waals surface area contributed by atoms with Gasteiger partial charge in [-0.1, -0.05) is 12.5 Å². The molecule has 0 aromatic heterocycles. The number of hydrogen-bond donors (Lipinski definition) is 2. The van der Waals surface area contributed by atoms with Crippen molar-refractivity contribution in [1.29, 1.82) is 0 Å². The molecule has 1 heterocycles. The summed E-state index contributed by atoms with van der Waals surface area (Å²) in [4.78, 5) is 14.6. The van der Waals surface area contributed by atoms with E-state index in [1.807, 2.05) is 13.0 Å². The first kappa shape index (κ1) is 11.0. The molecule has 4 nitrogen and oxygen atoms in total. The highest BCUT2D eigenvalue weighted by molar-refractivity contribution is 9.18. The molecule has 76 valence electrons. The molecule has 0 bridgehead atoms. The Hall–Kier alpha value is -1.10. The quantitative estimate of drug-likeness (QED) is 0.793. The molecule has 1 aliphatic heterocycles. The molecule has 1 rings (SSSR count). The van der Waals surface area contributed by atoms with Crippen molar-refractivity contribution in [3.8, 4) is 0 Å². The minimum atomic E-state index is -1.09. The lowest BCUT2D eigenvalue weighted by atomic mass is 10.1. The molecule has 0 radical (unpaired) electrons. The molecule has 14 heavy (non-hydrogen) atoms. The lowest BCUT2D eigenvalue weighted by Gasteiger charge is -2.03. The lowest BCUT2D eigenvalue weighted by molar-refractivity contribution is -0.132. The van der Waals surface area contributed by atoms with Crippen LogP contribution in [0.5, 0.6) is 0 Å². The van der Waals surface area contributed by atoms with Crippen LogP contribution in [0.2, 0.25) is 0 Å². The fourth-order valence-electron chi connectivity index (χ4n) is 1.17. The lowest BCUT2D eigenvalue weighted by Crippen LogP contribution is -2.09. The number of nitrogens with zero attached hydrogens (tertiary/aromatic N) is 1. The van der Waals surface area contributed by atoms with E-state index in [0.717, 1.165) is 12.0 Å². The van der Waals surface area contributed by atoms with Gasteiger partial charge >= 0.3 is 5.97 Å². The fraction of sp³-hybridized carbons (Fsp3) is 0.333. The SMILES string of the molecule is CCC1=CC(Br)=NC(C(=O)O)=C(N)C1. The van der Waals surface area contributed by atoms with Crippen molar-refractivity contribution in [2.75, 3.05) is 0 Å². The van der Waals surface area contributed by atoms with Gasteiger partial charge in [0.2, 0.25) is 0 Å². The monoisotopic (exact) mass is 258 g/mol. The summed E-state index contributed by atoms with van der Waals surface area (Å²) < 4.78 is 0.507. The Morgan fingerprint density at radius 3 is 2.93 bits per heavy atom. The number of aliphatic imine (C=N–C) groups is 1. The Morgan fingerprint density at radius 1 is 1.79 bits per heavy atom. The third-order valence-electron chi connectivity index (χ3n) is 1.92. The van der Waals surface area contributed by atoms with Crippen molar-refractivity contribution in [2.45, 2.75) is 19.8 Å². The van der Waals surface area contributed by atoms with Gasteiger partial charge in [-0.3, -0.25) is 0 Å². The van der Waals surface area contributed by atoms with Gasteiger partial charge in [-0.25, -0.2) is 9.79 Å². The highest BCUT2D eigenvalue weighted by atomic mass is 79.9. The zero-order valence-corrected chi connectivity index (χ0v) is 9.34. The normalized spacial score (nSPS) is 17.3. The first-order valence-electron chi connectivity index (χ1n) is 4.20. The minimum Gasteiger partial charge on any atom is -0.476 e. The molecule has 0 saturated heterocycles. The van der Waals surface area contributed by atoms with E-state index in [1.54, 1.807) is 0 Å². The first-order chi connectivity index (χ1) is 6.54. The molecule has 1 aliphatic rings. The van der Waals surface area contributed by atoms with Crippen molar-refractivity contribution in [2.24, 2.45) is 10.7 Å². The highest BCUT2D eigenvalue weighted by Gasteiger charge is 2.15. The fourth-order valence-corrected chi connectivity index (χ4v) is 1.67. The van der Waals surface area contributed by atoms with Gasteiger partial charge in [0.1, 0.15) is 4.62 Å². The van der Waals surface area contributed by atoms with Crippen LogP contribution < -0.4 is 5.73 Å². The summed E-state index contributed by atoms with van der Waals surface area (Å²) in [5.41, 5.74) is 6.94. The van der Waals surface area contributed by atoms with Crippen LogP contribution in [0.4, 0.5) is 0 Å². The van der Waals surface area contributed by atoms with Crippen LogP contribution in [0.3, 0.4) is 0 Å². The van der Waals surface area contributed by atoms with E-state index in [-0.39, 0.29) is 5.70 Å². The topological polar surface area (TPSA) is 75.7 Å². The van der Waals surface area contributed by atoms with E-state index in [0.29, 0.717) is 16.7 Å². The maximum absolute atomic E-state index is 10.8. The highest BCUT2D eigenvalue weighted by Crippen LogP contribution is 2.20. The summed E-state index contributed by atoms with van der Waals surface area (Å²) in [6.45, 7) is 1.99. The van der Waals surface area contributed by atoms with E-state index in [4.69, 9.17) is 10.8 Å². The number of carboxylic acid groups (broad SMARTS) is 1. The van der Waals surface area contributed by atoms with Crippen molar-refractivity contribution in [3.05, 3.63) is 23.0 Å². The number of carbonyl (C=O) groups is 1. The Balaban J connectivity index is 3.12. The number of halogens is 1. The summed E-state index contributed by atoms with van der Waals surface area (Å²) in [5.74, 6) is -1.09. The number of carboxylic acids is 1. The molecule has 5 heteroatoms. The average Bonchev–Trinajstić information content (AvgIpc) is 2.25. The largest absolute Gasteiger partial charge is 0.476 e. The van der Waals surface area contributed by atoms with Crippen LogP contribution in [0.1, 0.15) is 19.8 Å². The van der Waals surface area contributed by atoms with Crippen molar-refractivity contribution < 1.29 is 9.90 Å². The van der Waals surface area contributed by atoms with E-state index in [9.17, 15) is 4.79 Å². The third-order valence-corrected chi connectivity index (χ3v) is 2.33. The molecule has 0 aromatic carbocycles. The van der Waals surface area contributed by atoms with Crippen LogP contribution in [-0.4, -0.2) is 15.7 Å². The van der Waals surface area contributed by atoms with E-state index < -0.39 is 5.97 Å². The summed E-state index contributed by atoms with van der Waals surface area (Å²) in [7, 11) is 0. The average molecular weight is 259 g/mol. The second-order valence-electron chi connectivity index (χ2n) is 2.95. The number of allylic oxidation sites excluding steroid dienone is 2. The molecule has 0 amide bonds. The molecule has 0 unspecified atom stereocenters. The second kappa shape index (κ2) is 4.41. The van der Waals surface area contributed by atoms with Crippen molar-refractivity contribution >= 4 is 26.5 Å². The van der Waals surface area contributed by atoms with Gasteiger partial charge in [0.05, 0.1) is 0 Å². The second-order valence-corrected chi connectivity index (χ2v) is 3.76. The van der Waals surface area contributed by atoms with Crippen LogP contribution in [-0.2, 0) is 4.79 Å². The maximum atomic E-state index is 10.8. The number of hydrogen-bond acceptors (Lipinski definition) is 3. The molecular weight excluding hydrogens is 248 g/mol. The summed E-state index contributed by atoms with van der Waals surface area (Å²) in [6, 6.07) is 0. The van der Waals surface area contributed by atoms with Gasteiger partial charge in [-0.15, -0.1) is 0 Å². The number of nitrogens with two attached hydrogens (primary N) is 1. The Labute approximate surface area is 90.3 Å². The maximum Gasteiger partial charge on any atom is 0.356 e. The smallest absolute Gasteiger partial charge is 0.356 e. The van der Waals surface area contributed by atoms with Crippen molar-refractivity contribution in [1.82, 2.24) is 0 Å². The molecule has 3 N–H and O–H groups in total. The zero-order chi connectivity index (χ0) is 10.7. The summed E-state index contributed by atoms with van der Waals surface area (Å²) in [5, 5.41) is 8.82. The van der Waals surface area contributed by atoms with Gasteiger partial charge in [0, 0.05) is 12.1 Å². The molecule has 0 aromatic rings. The molecule has 0 aliphatic carbocycles. The van der Waals surface area contributed by atoms with Gasteiger partial charge < -0.3 is 10.8 Å². The zero-order valence-electron chi connectivity index (χ0n) is 7.75. The molecule has 0 atom stereocenters. The van der Waals surface area contributed by atoms with Gasteiger partial charge in [-0.05, 0) is 28.4 Å². The van der Waals surface area contributed by atoms with Crippen LogP contribution in [0, 0.1) is 0 Å². The Morgan fingerprint density at radius 2 is 2.43 bits per heavy atom. The van der Waals surface area contributed by atoms with Gasteiger partial charge in [0.25, 0.3) is 0 Å². The minimum absolute atomic E-state index is 0.0726. The number of aliphatic carboxylic acids is 1. The van der Waals surface area contributed by atoms with Crippen molar-refractivity contribution in [3.63, 3.8) is 0 Å². The number of rotatable bonds is 2. The van der Waals surface area contributed by atoms with Crippen LogP contribution in [0.25, 0.3) is 0 Å². The van der Waals surface area contributed by atoms with Crippen LogP contribution in [0.15, 0.2) is 28.0 Å². The first-order valence-corrected chi connectivity index (χ1v) is 4.99. The Bertz CT molecular complexity index is 356. The van der Waals surface area contributed by atoms with Crippen LogP contribution >= 0.6 is 15.9 Å². The summed E-state index contributed by atoms with van der Waals surface area (Å²) in [6.07, 6.45) is 3.11. The molecule has 0 fully saturated rings. The van der Waals surface area contributed by atoms with E-state index in [2.05, 4.69) is 20.9 Å². The molecular formula is C9H11BrN2O2. The van der Waals surface area contributed by atoms with Gasteiger partial charge in [-0.2, -0.15) is 0 Å². The summed E-state index contributed by atoms with van der Waals surface area (Å²) >= 11 is 3.18. The predicted molar refractivity (Wildman–Crippen MR) is 58.2 cm³/mol. The van der Waals surface area contributed by atoms with E-state index in [1.165, 1.54) is 0 Å². The van der Waals surface area contributed by atoms with Gasteiger partial charge in [0.15, 0.2) is 5.70 Å².